The van der Waals surface area contributed by atoms with E-state index in [0.29, 0.717) is 10.9 Å². The normalized spacial score (nSPS) is 13.0. The van der Waals surface area contributed by atoms with Crippen LogP contribution >= 0.6 is 11.6 Å². The third-order valence-electron chi connectivity index (χ3n) is 2.11. The van der Waals surface area contributed by atoms with Crippen molar-refractivity contribution in [2.24, 2.45) is 0 Å². The molecule has 1 aromatic carbocycles. The van der Waals surface area contributed by atoms with Gasteiger partial charge in [-0.2, -0.15) is 0 Å². The summed E-state index contributed by atoms with van der Waals surface area (Å²) in [5, 5.41) is 0.532. The fourth-order valence-electron chi connectivity index (χ4n) is 1.12. The second-order valence-corrected chi connectivity index (χ2v) is 3.38. The molecule has 0 aliphatic heterocycles. The van der Waals surface area contributed by atoms with Crippen LogP contribution in [-0.2, 0) is 0 Å². The van der Waals surface area contributed by atoms with E-state index >= 15 is 0 Å². The van der Waals surface area contributed by atoms with Crippen LogP contribution in [0.15, 0.2) is 18.2 Å². The lowest BCUT2D eigenvalue weighted by atomic mass is 9.99. The fourth-order valence-corrected chi connectivity index (χ4v) is 1.47. The minimum Gasteiger partial charge on any atom is -0.207 e. The Bertz CT molecular complexity index is 271. The van der Waals surface area contributed by atoms with Crippen molar-refractivity contribution in [3.63, 3.8) is 0 Å². The molecule has 0 saturated heterocycles. The topological polar surface area (TPSA) is 0 Å². The standard InChI is InChI=1S/C10H12ClF/c1-3-7(2)9-5-4-8(12)6-10(9)11/h4-7H,3H2,1-2H3. The molecule has 0 bridgehead atoms. The summed E-state index contributed by atoms with van der Waals surface area (Å²) in [4.78, 5) is 0. The largest absolute Gasteiger partial charge is 0.207 e. The van der Waals surface area contributed by atoms with Crippen LogP contribution < -0.4 is 0 Å². The molecule has 12 heavy (non-hydrogen) atoms. The molecule has 0 nitrogen and oxygen atoms in total. The highest BCUT2D eigenvalue weighted by Gasteiger charge is 2.07. The van der Waals surface area contributed by atoms with E-state index in [-0.39, 0.29) is 5.82 Å². The summed E-state index contributed by atoms with van der Waals surface area (Å²) in [6, 6.07) is 4.57. The maximum atomic E-state index is 12.6. The van der Waals surface area contributed by atoms with E-state index in [1.165, 1.54) is 12.1 Å². The summed E-state index contributed by atoms with van der Waals surface area (Å²) >= 11 is 5.86. The van der Waals surface area contributed by atoms with Crippen LogP contribution in [0.5, 0.6) is 0 Å². The summed E-state index contributed by atoms with van der Waals surface area (Å²) in [6.45, 7) is 4.17. The SMILES string of the molecule is CCC(C)c1ccc(F)cc1Cl. The third kappa shape index (κ3) is 1.98. The molecule has 1 rings (SSSR count). The number of rotatable bonds is 2. The van der Waals surface area contributed by atoms with Crippen LogP contribution in [0.3, 0.4) is 0 Å². The van der Waals surface area contributed by atoms with E-state index in [4.69, 9.17) is 11.6 Å². The van der Waals surface area contributed by atoms with Gasteiger partial charge in [-0.05, 0) is 30.0 Å². The smallest absolute Gasteiger partial charge is 0.124 e. The first-order valence-electron chi connectivity index (χ1n) is 4.10. The van der Waals surface area contributed by atoms with Gasteiger partial charge >= 0.3 is 0 Å². The van der Waals surface area contributed by atoms with Crippen LogP contribution in [0.25, 0.3) is 0 Å². The Morgan fingerprint density at radius 1 is 1.50 bits per heavy atom. The number of hydrogen-bond acceptors (Lipinski definition) is 0. The lowest BCUT2D eigenvalue weighted by Crippen LogP contribution is -1.92. The highest BCUT2D eigenvalue weighted by molar-refractivity contribution is 6.31. The predicted molar refractivity (Wildman–Crippen MR) is 50.1 cm³/mol. The van der Waals surface area contributed by atoms with Crippen LogP contribution in [-0.4, -0.2) is 0 Å². The first kappa shape index (κ1) is 9.53. The Hall–Kier alpha value is -0.560. The molecule has 1 unspecified atom stereocenters. The molecule has 0 aromatic heterocycles. The average Bonchev–Trinajstić information content (AvgIpc) is 2.03. The van der Waals surface area contributed by atoms with Crippen LogP contribution in [0.4, 0.5) is 4.39 Å². The first-order chi connectivity index (χ1) is 5.65. The molecule has 0 fully saturated rings. The number of halogens is 2. The monoisotopic (exact) mass is 186 g/mol. The van der Waals surface area contributed by atoms with Crippen molar-refractivity contribution in [3.8, 4) is 0 Å². The molecule has 0 radical (unpaired) electrons. The summed E-state index contributed by atoms with van der Waals surface area (Å²) in [5.41, 5.74) is 1.03. The van der Waals surface area contributed by atoms with Gasteiger partial charge in [0.05, 0.1) is 0 Å². The van der Waals surface area contributed by atoms with Gasteiger partial charge in [0, 0.05) is 5.02 Å². The molecule has 0 spiro atoms. The number of hydrogen-bond donors (Lipinski definition) is 0. The van der Waals surface area contributed by atoms with Crippen molar-refractivity contribution in [2.45, 2.75) is 26.2 Å². The van der Waals surface area contributed by atoms with Gasteiger partial charge in [-0.25, -0.2) is 4.39 Å². The summed E-state index contributed by atoms with van der Waals surface area (Å²) in [5.74, 6) is 0.130. The van der Waals surface area contributed by atoms with Crippen molar-refractivity contribution < 1.29 is 4.39 Å². The Labute approximate surface area is 77.4 Å². The second-order valence-electron chi connectivity index (χ2n) is 2.98. The van der Waals surface area contributed by atoms with Crippen LogP contribution in [0.1, 0.15) is 31.7 Å². The van der Waals surface area contributed by atoms with E-state index < -0.39 is 0 Å². The van der Waals surface area contributed by atoms with Crippen molar-refractivity contribution >= 4 is 11.6 Å². The van der Waals surface area contributed by atoms with Gasteiger partial charge in [-0.3, -0.25) is 0 Å². The lowest BCUT2D eigenvalue weighted by molar-refractivity contribution is 0.625. The van der Waals surface area contributed by atoms with E-state index in [1.807, 2.05) is 0 Å². The zero-order valence-electron chi connectivity index (χ0n) is 7.27. The molecule has 0 saturated carbocycles. The molecule has 2 heteroatoms. The molecule has 66 valence electrons. The molecular formula is C10H12ClF. The highest BCUT2D eigenvalue weighted by atomic mass is 35.5. The molecular weight excluding hydrogens is 175 g/mol. The van der Waals surface area contributed by atoms with Crippen molar-refractivity contribution in [3.05, 3.63) is 34.6 Å². The maximum Gasteiger partial charge on any atom is 0.124 e. The van der Waals surface area contributed by atoms with Gasteiger partial charge in [0.25, 0.3) is 0 Å². The van der Waals surface area contributed by atoms with Crippen LogP contribution in [0.2, 0.25) is 5.02 Å². The maximum absolute atomic E-state index is 12.6. The Morgan fingerprint density at radius 2 is 2.17 bits per heavy atom. The fraction of sp³-hybridized carbons (Fsp3) is 0.400. The zero-order chi connectivity index (χ0) is 9.14. The highest BCUT2D eigenvalue weighted by Crippen LogP contribution is 2.26. The van der Waals surface area contributed by atoms with E-state index in [0.717, 1.165) is 12.0 Å². The lowest BCUT2D eigenvalue weighted by Gasteiger charge is -2.10. The first-order valence-corrected chi connectivity index (χ1v) is 4.48. The van der Waals surface area contributed by atoms with Gasteiger partial charge in [0.2, 0.25) is 0 Å². The van der Waals surface area contributed by atoms with Gasteiger partial charge in [-0.1, -0.05) is 31.5 Å². The van der Waals surface area contributed by atoms with E-state index in [9.17, 15) is 4.39 Å². The van der Waals surface area contributed by atoms with Gasteiger partial charge in [0.1, 0.15) is 5.82 Å². The molecule has 0 aliphatic carbocycles. The molecule has 0 heterocycles. The van der Waals surface area contributed by atoms with Gasteiger partial charge in [0.15, 0.2) is 0 Å². The van der Waals surface area contributed by atoms with E-state index in [1.54, 1.807) is 6.07 Å². The summed E-state index contributed by atoms with van der Waals surface area (Å²) in [7, 11) is 0. The molecule has 0 aliphatic rings. The van der Waals surface area contributed by atoms with Crippen molar-refractivity contribution in [2.75, 3.05) is 0 Å². The Kier molecular flexibility index (Phi) is 3.10. The summed E-state index contributed by atoms with van der Waals surface area (Å²) in [6.07, 6.45) is 1.02. The Morgan fingerprint density at radius 3 is 2.67 bits per heavy atom. The summed E-state index contributed by atoms with van der Waals surface area (Å²) < 4.78 is 12.6. The van der Waals surface area contributed by atoms with E-state index in [2.05, 4.69) is 13.8 Å². The molecule has 0 amide bonds. The minimum absolute atomic E-state index is 0.271. The Balaban J connectivity index is 3.01. The molecule has 1 aromatic rings. The van der Waals surface area contributed by atoms with Gasteiger partial charge in [-0.15, -0.1) is 0 Å². The predicted octanol–water partition coefficient (Wildman–Crippen LogP) is 3.99. The zero-order valence-corrected chi connectivity index (χ0v) is 8.03. The minimum atomic E-state index is -0.271. The molecule has 0 N–H and O–H groups in total. The van der Waals surface area contributed by atoms with Gasteiger partial charge < -0.3 is 0 Å². The van der Waals surface area contributed by atoms with Crippen molar-refractivity contribution in [1.82, 2.24) is 0 Å². The van der Waals surface area contributed by atoms with Crippen LogP contribution in [0, 0.1) is 5.82 Å². The second kappa shape index (κ2) is 3.90. The third-order valence-corrected chi connectivity index (χ3v) is 2.43. The molecule has 1 atom stereocenters. The van der Waals surface area contributed by atoms with Crippen molar-refractivity contribution in [1.29, 1.82) is 0 Å². The number of benzene rings is 1. The quantitative estimate of drug-likeness (QED) is 0.655. The average molecular weight is 187 g/mol.